The second kappa shape index (κ2) is 4.25. The van der Waals surface area contributed by atoms with E-state index in [1.807, 2.05) is 12.1 Å². The molecular formula is C11H21NO. The van der Waals surface area contributed by atoms with Gasteiger partial charge in [0, 0.05) is 13.0 Å². The second-order valence-electron chi connectivity index (χ2n) is 4.34. The van der Waals surface area contributed by atoms with E-state index in [4.69, 9.17) is 4.84 Å². The van der Waals surface area contributed by atoms with Crippen LogP contribution in [0.3, 0.4) is 0 Å². The fourth-order valence-electron chi connectivity index (χ4n) is 1.67. The highest BCUT2D eigenvalue weighted by atomic mass is 16.7. The zero-order valence-electron chi connectivity index (χ0n) is 9.32. The molecule has 1 saturated heterocycles. The highest BCUT2D eigenvalue weighted by Crippen LogP contribution is 2.26. The zero-order valence-corrected chi connectivity index (χ0v) is 9.32. The summed E-state index contributed by atoms with van der Waals surface area (Å²) in [7, 11) is 2.01. The minimum atomic E-state index is 0.340. The van der Waals surface area contributed by atoms with Crippen molar-refractivity contribution in [2.75, 3.05) is 7.05 Å². The monoisotopic (exact) mass is 183 g/mol. The summed E-state index contributed by atoms with van der Waals surface area (Å²) in [6.07, 6.45) is 4.85. The highest BCUT2D eigenvalue weighted by Gasteiger charge is 2.33. The molecule has 1 fully saturated rings. The summed E-state index contributed by atoms with van der Waals surface area (Å²) in [5.41, 5.74) is 0. The molecule has 2 heteroatoms. The maximum Gasteiger partial charge on any atom is 0.0809 e. The van der Waals surface area contributed by atoms with Crippen LogP contribution in [0.2, 0.25) is 0 Å². The standard InChI is InChI=1S/C11H21NO/c1-8(2)6-7-11-9(3)10(4)13-12(11)5/h6-11H,1-5H3/b7-6+. The number of hydrogen-bond donors (Lipinski definition) is 0. The highest BCUT2D eigenvalue weighted by molar-refractivity contribution is 4.99. The molecule has 0 bridgehead atoms. The smallest absolute Gasteiger partial charge is 0.0809 e. The van der Waals surface area contributed by atoms with Gasteiger partial charge in [0.1, 0.15) is 0 Å². The van der Waals surface area contributed by atoms with Crippen molar-refractivity contribution in [2.24, 2.45) is 11.8 Å². The minimum Gasteiger partial charge on any atom is -0.295 e. The third kappa shape index (κ3) is 2.55. The maximum atomic E-state index is 5.60. The van der Waals surface area contributed by atoms with Crippen LogP contribution in [-0.4, -0.2) is 24.3 Å². The molecule has 0 aliphatic carbocycles. The van der Waals surface area contributed by atoms with E-state index in [2.05, 4.69) is 39.8 Å². The Bertz CT molecular complexity index is 189. The molecule has 13 heavy (non-hydrogen) atoms. The molecule has 1 aliphatic rings. The van der Waals surface area contributed by atoms with Crippen molar-refractivity contribution >= 4 is 0 Å². The van der Waals surface area contributed by atoms with Gasteiger partial charge in [-0.2, -0.15) is 5.06 Å². The number of hydrogen-bond acceptors (Lipinski definition) is 2. The fraction of sp³-hybridized carbons (Fsp3) is 0.818. The molecule has 0 N–H and O–H groups in total. The minimum absolute atomic E-state index is 0.340. The van der Waals surface area contributed by atoms with Crippen molar-refractivity contribution < 1.29 is 4.84 Å². The van der Waals surface area contributed by atoms with E-state index in [1.54, 1.807) is 0 Å². The van der Waals surface area contributed by atoms with Crippen LogP contribution in [0.1, 0.15) is 27.7 Å². The molecule has 0 aromatic heterocycles. The Labute approximate surface area is 81.5 Å². The molecule has 3 unspecified atom stereocenters. The summed E-state index contributed by atoms with van der Waals surface area (Å²) in [5, 5.41) is 1.97. The summed E-state index contributed by atoms with van der Waals surface area (Å²) in [6.45, 7) is 8.76. The van der Waals surface area contributed by atoms with Crippen molar-refractivity contribution in [3.05, 3.63) is 12.2 Å². The summed E-state index contributed by atoms with van der Waals surface area (Å²) in [4.78, 5) is 5.60. The van der Waals surface area contributed by atoms with E-state index in [-0.39, 0.29) is 0 Å². The van der Waals surface area contributed by atoms with Crippen molar-refractivity contribution in [2.45, 2.75) is 39.8 Å². The molecule has 76 valence electrons. The first-order valence-electron chi connectivity index (χ1n) is 5.10. The van der Waals surface area contributed by atoms with Gasteiger partial charge in [-0.1, -0.05) is 32.9 Å². The van der Waals surface area contributed by atoms with Gasteiger partial charge in [0.15, 0.2) is 0 Å². The van der Waals surface area contributed by atoms with Crippen LogP contribution >= 0.6 is 0 Å². The van der Waals surface area contributed by atoms with Gasteiger partial charge in [-0.3, -0.25) is 4.84 Å². The lowest BCUT2D eigenvalue weighted by Gasteiger charge is -2.16. The quantitative estimate of drug-likeness (QED) is 0.610. The first kappa shape index (κ1) is 10.7. The first-order chi connectivity index (χ1) is 6.02. The SMILES string of the molecule is CC(C)/C=C/C1C(C)C(C)ON1C. The van der Waals surface area contributed by atoms with E-state index >= 15 is 0 Å². The lowest BCUT2D eigenvalue weighted by Crippen LogP contribution is -2.25. The largest absolute Gasteiger partial charge is 0.295 e. The van der Waals surface area contributed by atoms with Gasteiger partial charge < -0.3 is 0 Å². The number of nitrogens with zero attached hydrogens (tertiary/aromatic N) is 1. The van der Waals surface area contributed by atoms with E-state index < -0.39 is 0 Å². The van der Waals surface area contributed by atoms with Gasteiger partial charge in [0.2, 0.25) is 0 Å². The molecule has 0 aromatic rings. The van der Waals surface area contributed by atoms with Crippen LogP contribution in [0.15, 0.2) is 12.2 Å². The average Bonchev–Trinajstić information content (AvgIpc) is 2.24. The summed E-state index contributed by atoms with van der Waals surface area (Å²) in [6, 6.07) is 0.442. The molecule has 2 nitrogen and oxygen atoms in total. The lowest BCUT2D eigenvalue weighted by atomic mass is 9.97. The molecule has 0 spiro atoms. The molecule has 0 amide bonds. The van der Waals surface area contributed by atoms with Crippen LogP contribution in [-0.2, 0) is 4.84 Å². The average molecular weight is 183 g/mol. The topological polar surface area (TPSA) is 12.5 Å². The Morgan fingerprint density at radius 1 is 1.31 bits per heavy atom. The number of hydroxylamine groups is 2. The van der Waals surface area contributed by atoms with Gasteiger partial charge in [0.25, 0.3) is 0 Å². The zero-order chi connectivity index (χ0) is 10.0. The van der Waals surface area contributed by atoms with Gasteiger partial charge >= 0.3 is 0 Å². The molecule has 0 saturated carbocycles. The summed E-state index contributed by atoms with van der Waals surface area (Å²) >= 11 is 0. The summed E-state index contributed by atoms with van der Waals surface area (Å²) in [5.74, 6) is 1.21. The van der Waals surface area contributed by atoms with E-state index in [0.717, 1.165) is 0 Å². The Hall–Kier alpha value is -0.340. The van der Waals surface area contributed by atoms with E-state index in [0.29, 0.717) is 24.0 Å². The Kier molecular flexibility index (Phi) is 3.51. The van der Waals surface area contributed by atoms with Gasteiger partial charge in [-0.15, -0.1) is 0 Å². The molecule has 0 radical (unpaired) electrons. The normalized spacial score (nSPS) is 36.6. The van der Waals surface area contributed by atoms with E-state index in [9.17, 15) is 0 Å². The van der Waals surface area contributed by atoms with Crippen LogP contribution in [0, 0.1) is 11.8 Å². The van der Waals surface area contributed by atoms with Crippen LogP contribution in [0.4, 0.5) is 0 Å². The predicted octanol–water partition coefficient (Wildman–Crippen LogP) is 2.47. The molecular weight excluding hydrogens is 162 g/mol. The molecule has 1 aliphatic heterocycles. The number of allylic oxidation sites excluding steroid dienone is 1. The lowest BCUT2D eigenvalue weighted by molar-refractivity contribution is -0.132. The summed E-state index contributed by atoms with van der Waals surface area (Å²) < 4.78 is 0. The first-order valence-corrected chi connectivity index (χ1v) is 5.10. The van der Waals surface area contributed by atoms with Crippen molar-refractivity contribution in [1.82, 2.24) is 5.06 Å². The van der Waals surface area contributed by atoms with E-state index in [1.165, 1.54) is 0 Å². The maximum absolute atomic E-state index is 5.60. The number of likely N-dealkylation sites (N-methyl/N-ethyl adjacent to an activating group) is 1. The van der Waals surface area contributed by atoms with Crippen molar-refractivity contribution in [3.63, 3.8) is 0 Å². The van der Waals surface area contributed by atoms with Crippen molar-refractivity contribution in [1.29, 1.82) is 0 Å². The third-order valence-electron chi connectivity index (χ3n) is 2.72. The van der Waals surface area contributed by atoms with Gasteiger partial charge in [0.05, 0.1) is 12.1 Å². The Morgan fingerprint density at radius 2 is 1.92 bits per heavy atom. The number of rotatable bonds is 2. The molecule has 1 rings (SSSR count). The Morgan fingerprint density at radius 3 is 2.31 bits per heavy atom. The second-order valence-corrected chi connectivity index (χ2v) is 4.34. The van der Waals surface area contributed by atoms with Crippen LogP contribution in [0.5, 0.6) is 0 Å². The predicted molar refractivity (Wildman–Crippen MR) is 55.2 cm³/mol. The fourth-order valence-corrected chi connectivity index (χ4v) is 1.67. The van der Waals surface area contributed by atoms with Crippen molar-refractivity contribution in [3.8, 4) is 0 Å². The van der Waals surface area contributed by atoms with Crippen LogP contribution in [0.25, 0.3) is 0 Å². The molecule has 3 atom stereocenters. The van der Waals surface area contributed by atoms with Gasteiger partial charge in [-0.05, 0) is 12.8 Å². The molecule has 1 heterocycles. The Balaban J connectivity index is 2.58. The third-order valence-corrected chi connectivity index (χ3v) is 2.72. The van der Waals surface area contributed by atoms with Crippen LogP contribution < -0.4 is 0 Å². The molecule has 0 aromatic carbocycles. The van der Waals surface area contributed by atoms with Gasteiger partial charge in [-0.25, -0.2) is 0 Å².